The predicted octanol–water partition coefficient (Wildman–Crippen LogP) is 2.21. The van der Waals surface area contributed by atoms with Crippen LogP contribution in [-0.4, -0.2) is 20.9 Å². The summed E-state index contributed by atoms with van der Waals surface area (Å²) >= 11 is 3.20. The second-order valence-electron chi connectivity index (χ2n) is 3.07. The lowest BCUT2D eigenvalue weighted by Gasteiger charge is -2.10. The van der Waals surface area contributed by atoms with E-state index in [1.165, 1.54) is 18.2 Å². The van der Waals surface area contributed by atoms with Gasteiger partial charge in [-0.3, -0.25) is 4.79 Å². The Labute approximate surface area is 96.1 Å². The number of aromatic hydroxyl groups is 2. The van der Waals surface area contributed by atoms with Crippen molar-refractivity contribution in [3.63, 3.8) is 0 Å². The third kappa shape index (κ3) is 3.13. The van der Waals surface area contributed by atoms with Crippen LogP contribution >= 0.6 is 15.9 Å². The van der Waals surface area contributed by atoms with E-state index < -0.39 is 0 Å². The minimum absolute atomic E-state index is 0.0450. The third-order valence-corrected chi connectivity index (χ3v) is 2.95. The first-order valence-electron chi connectivity index (χ1n) is 4.51. The molecule has 0 saturated heterocycles. The van der Waals surface area contributed by atoms with Crippen molar-refractivity contribution in [2.75, 3.05) is 5.32 Å². The molecule has 15 heavy (non-hydrogen) atoms. The number of phenols is 2. The fourth-order valence-electron chi connectivity index (χ4n) is 1.02. The Hall–Kier alpha value is -1.23. The van der Waals surface area contributed by atoms with Crippen molar-refractivity contribution in [1.29, 1.82) is 0 Å². The number of carbonyl (C=O) groups excluding carboxylic acids is 1. The van der Waals surface area contributed by atoms with Gasteiger partial charge in [-0.25, -0.2) is 0 Å². The van der Waals surface area contributed by atoms with E-state index in [0.717, 1.165) is 0 Å². The van der Waals surface area contributed by atoms with Crippen molar-refractivity contribution < 1.29 is 15.0 Å². The van der Waals surface area contributed by atoms with E-state index in [-0.39, 0.29) is 27.9 Å². The van der Waals surface area contributed by atoms with Crippen LogP contribution < -0.4 is 5.32 Å². The second kappa shape index (κ2) is 5.02. The average molecular weight is 274 g/mol. The smallest absolute Gasteiger partial charge is 0.238 e. The summed E-state index contributed by atoms with van der Waals surface area (Å²) in [7, 11) is 0. The molecular formula is C10H12BrNO3. The Morgan fingerprint density at radius 3 is 2.73 bits per heavy atom. The maximum Gasteiger partial charge on any atom is 0.238 e. The normalized spacial score (nSPS) is 12.1. The molecule has 0 spiro atoms. The van der Waals surface area contributed by atoms with E-state index >= 15 is 0 Å². The lowest BCUT2D eigenvalue weighted by molar-refractivity contribution is -0.115. The lowest BCUT2D eigenvalue weighted by atomic mass is 10.2. The number of hydrogen-bond acceptors (Lipinski definition) is 3. The first-order chi connectivity index (χ1) is 7.04. The van der Waals surface area contributed by atoms with Gasteiger partial charge in [-0.1, -0.05) is 22.9 Å². The van der Waals surface area contributed by atoms with Crippen LogP contribution in [0.15, 0.2) is 18.2 Å². The molecule has 1 aromatic carbocycles. The molecule has 0 aliphatic rings. The maximum atomic E-state index is 11.4. The fraction of sp³-hybridized carbons (Fsp3) is 0.300. The van der Waals surface area contributed by atoms with E-state index in [1.807, 2.05) is 6.92 Å². The molecule has 0 aromatic heterocycles. The molecule has 0 unspecified atom stereocenters. The van der Waals surface area contributed by atoms with Crippen LogP contribution in [0, 0.1) is 0 Å². The summed E-state index contributed by atoms with van der Waals surface area (Å²) < 4.78 is 0. The first kappa shape index (κ1) is 11.8. The monoisotopic (exact) mass is 273 g/mol. The number of amides is 1. The van der Waals surface area contributed by atoms with Gasteiger partial charge in [0.1, 0.15) is 11.5 Å². The molecule has 1 aromatic rings. The zero-order valence-corrected chi connectivity index (χ0v) is 9.78. The van der Waals surface area contributed by atoms with Crippen LogP contribution in [0.4, 0.5) is 5.69 Å². The number of carbonyl (C=O) groups is 1. The molecule has 4 nitrogen and oxygen atoms in total. The van der Waals surface area contributed by atoms with Gasteiger partial charge < -0.3 is 15.5 Å². The van der Waals surface area contributed by atoms with Crippen molar-refractivity contribution >= 4 is 27.5 Å². The van der Waals surface area contributed by atoms with E-state index in [1.54, 1.807) is 0 Å². The molecule has 0 aliphatic carbocycles. The summed E-state index contributed by atoms with van der Waals surface area (Å²) in [4.78, 5) is 11.2. The molecule has 82 valence electrons. The highest BCUT2D eigenvalue weighted by atomic mass is 79.9. The first-order valence-corrected chi connectivity index (χ1v) is 5.43. The van der Waals surface area contributed by atoms with E-state index in [2.05, 4.69) is 21.2 Å². The van der Waals surface area contributed by atoms with Gasteiger partial charge in [0.15, 0.2) is 0 Å². The number of benzene rings is 1. The van der Waals surface area contributed by atoms with Gasteiger partial charge in [0.05, 0.1) is 10.5 Å². The molecular weight excluding hydrogens is 262 g/mol. The Bertz CT molecular complexity index is 368. The van der Waals surface area contributed by atoms with Crippen molar-refractivity contribution in [1.82, 2.24) is 0 Å². The minimum atomic E-state index is -0.286. The number of hydrogen-bond donors (Lipinski definition) is 3. The lowest BCUT2D eigenvalue weighted by Crippen LogP contribution is -2.21. The number of alkyl halides is 1. The van der Waals surface area contributed by atoms with Crippen molar-refractivity contribution in [3.05, 3.63) is 18.2 Å². The number of rotatable bonds is 3. The standard InChI is InChI=1S/C10H12BrNO3/c1-2-7(11)10(15)12-8-4-3-6(13)5-9(8)14/h3-5,7,13-14H,2H2,1H3,(H,12,15)/t7-/m1/s1. The van der Waals surface area contributed by atoms with Crippen LogP contribution in [0.1, 0.15) is 13.3 Å². The molecule has 1 amide bonds. The highest BCUT2D eigenvalue weighted by Crippen LogP contribution is 2.27. The quantitative estimate of drug-likeness (QED) is 0.449. The van der Waals surface area contributed by atoms with E-state index in [4.69, 9.17) is 5.11 Å². The number of phenolic OH excluding ortho intramolecular Hbond substituents is 2. The van der Waals surface area contributed by atoms with Crippen molar-refractivity contribution in [2.24, 2.45) is 0 Å². The van der Waals surface area contributed by atoms with Crippen LogP contribution in [0.2, 0.25) is 0 Å². The zero-order valence-electron chi connectivity index (χ0n) is 8.20. The molecule has 0 fully saturated rings. The summed E-state index contributed by atoms with van der Waals surface area (Å²) in [5, 5.41) is 21.0. The molecule has 0 aliphatic heterocycles. The van der Waals surface area contributed by atoms with E-state index in [0.29, 0.717) is 6.42 Å². The number of nitrogens with one attached hydrogen (secondary N) is 1. The van der Waals surface area contributed by atoms with Crippen LogP contribution in [0.25, 0.3) is 0 Å². The molecule has 1 atom stereocenters. The molecule has 0 saturated carbocycles. The Kier molecular flexibility index (Phi) is 3.96. The largest absolute Gasteiger partial charge is 0.508 e. The maximum absolute atomic E-state index is 11.4. The number of anilines is 1. The summed E-state index contributed by atoms with van der Waals surface area (Å²) in [6, 6.07) is 4.01. The summed E-state index contributed by atoms with van der Waals surface area (Å²) in [5.41, 5.74) is 0.288. The average Bonchev–Trinajstić information content (AvgIpc) is 2.20. The Morgan fingerprint density at radius 1 is 1.53 bits per heavy atom. The van der Waals surface area contributed by atoms with Crippen molar-refractivity contribution in [3.8, 4) is 11.5 Å². The highest BCUT2D eigenvalue weighted by Gasteiger charge is 2.13. The fourth-order valence-corrected chi connectivity index (χ4v) is 1.14. The molecule has 1 rings (SSSR count). The van der Waals surface area contributed by atoms with Gasteiger partial charge in [-0.2, -0.15) is 0 Å². The van der Waals surface area contributed by atoms with Crippen LogP contribution in [-0.2, 0) is 4.79 Å². The number of halogens is 1. The molecule has 0 radical (unpaired) electrons. The van der Waals surface area contributed by atoms with Gasteiger partial charge in [-0.05, 0) is 18.6 Å². The molecule has 3 N–H and O–H groups in total. The minimum Gasteiger partial charge on any atom is -0.508 e. The molecule has 0 heterocycles. The Morgan fingerprint density at radius 2 is 2.20 bits per heavy atom. The van der Waals surface area contributed by atoms with Gasteiger partial charge in [-0.15, -0.1) is 0 Å². The topological polar surface area (TPSA) is 69.6 Å². The van der Waals surface area contributed by atoms with Crippen LogP contribution in [0.3, 0.4) is 0 Å². The highest BCUT2D eigenvalue weighted by molar-refractivity contribution is 9.10. The van der Waals surface area contributed by atoms with Gasteiger partial charge in [0.25, 0.3) is 0 Å². The van der Waals surface area contributed by atoms with Crippen LogP contribution in [0.5, 0.6) is 11.5 Å². The van der Waals surface area contributed by atoms with Gasteiger partial charge in [0, 0.05) is 6.07 Å². The summed E-state index contributed by atoms with van der Waals surface area (Å²) in [5.74, 6) is -0.422. The van der Waals surface area contributed by atoms with Crippen molar-refractivity contribution in [2.45, 2.75) is 18.2 Å². The predicted molar refractivity (Wildman–Crippen MR) is 61.4 cm³/mol. The molecule has 0 bridgehead atoms. The summed E-state index contributed by atoms with van der Waals surface area (Å²) in [6.07, 6.45) is 0.657. The van der Waals surface area contributed by atoms with Gasteiger partial charge in [0.2, 0.25) is 5.91 Å². The van der Waals surface area contributed by atoms with E-state index in [9.17, 15) is 9.90 Å². The second-order valence-corrected chi connectivity index (χ2v) is 4.17. The molecule has 5 heteroatoms. The van der Waals surface area contributed by atoms with Gasteiger partial charge >= 0.3 is 0 Å². The third-order valence-electron chi connectivity index (χ3n) is 1.88. The zero-order chi connectivity index (χ0) is 11.4. The Balaban J connectivity index is 2.77. The summed E-state index contributed by atoms with van der Waals surface area (Å²) in [6.45, 7) is 1.87. The SMILES string of the molecule is CC[C@@H](Br)C(=O)Nc1ccc(O)cc1O.